The summed E-state index contributed by atoms with van der Waals surface area (Å²) in [6.45, 7) is 9.44. The molecule has 2 saturated carbocycles. The van der Waals surface area contributed by atoms with Crippen molar-refractivity contribution in [3.63, 3.8) is 0 Å². The van der Waals surface area contributed by atoms with E-state index in [1.807, 2.05) is 0 Å². The highest BCUT2D eigenvalue weighted by Crippen LogP contribution is 2.72. The smallest absolute Gasteiger partial charge is 0.197 e. The first-order valence-corrected chi connectivity index (χ1v) is 8.94. The van der Waals surface area contributed by atoms with Crippen molar-refractivity contribution in [2.45, 2.75) is 52.4 Å². The molecule has 4 rings (SSSR count). The van der Waals surface area contributed by atoms with E-state index in [1.165, 1.54) is 6.42 Å². The molecular weight excluding hydrogens is 274 g/mol. The minimum Gasteiger partial charge on any atom is -0.494 e. The summed E-state index contributed by atoms with van der Waals surface area (Å²) in [6.07, 6.45) is 2.48. The molecule has 2 N–H and O–H groups in total. The molecule has 1 heterocycles. The Labute approximate surface area is 133 Å². The Morgan fingerprint density at radius 3 is 1.59 bits per heavy atom. The van der Waals surface area contributed by atoms with Crippen LogP contribution in [0.25, 0.3) is 0 Å². The van der Waals surface area contributed by atoms with Gasteiger partial charge in [-0.2, -0.15) is 0 Å². The van der Waals surface area contributed by atoms with Crippen LogP contribution in [0.1, 0.15) is 63.5 Å². The Morgan fingerprint density at radius 2 is 1.23 bits per heavy atom. The van der Waals surface area contributed by atoms with Gasteiger partial charge in [-0.3, -0.25) is 4.57 Å². The molecule has 0 amide bonds. The quantitative estimate of drug-likeness (QED) is 0.860. The van der Waals surface area contributed by atoms with Crippen molar-refractivity contribution in [3.05, 3.63) is 11.1 Å². The Balaban J connectivity index is 1.84. The molecule has 0 spiro atoms. The Hall–Kier alpha value is -1.12. The van der Waals surface area contributed by atoms with Crippen molar-refractivity contribution in [3.8, 4) is 11.8 Å². The first-order chi connectivity index (χ1) is 10.3. The molecule has 1 aromatic heterocycles. The van der Waals surface area contributed by atoms with Crippen LogP contribution >= 0.6 is 0 Å². The highest BCUT2D eigenvalue weighted by molar-refractivity contribution is 5.56. The molecule has 0 aliphatic heterocycles. The zero-order chi connectivity index (χ0) is 15.9. The fourth-order valence-corrected chi connectivity index (χ4v) is 6.41. The third-order valence-electron chi connectivity index (χ3n) is 7.28. The zero-order valence-corrected chi connectivity index (χ0v) is 14.4. The lowest BCUT2D eigenvalue weighted by Gasteiger charge is -2.33. The van der Waals surface area contributed by atoms with Gasteiger partial charge in [0.25, 0.3) is 0 Å². The number of rotatable bonds is 2. The molecule has 0 aromatic carbocycles. The second kappa shape index (κ2) is 4.46. The van der Waals surface area contributed by atoms with Crippen LogP contribution in [0.3, 0.4) is 0 Å². The van der Waals surface area contributed by atoms with E-state index in [1.54, 1.807) is 11.6 Å². The minimum atomic E-state index is 0.314. The zero-order valence-electron chi connectivity index (χ0n) is 14.4. The van der Waals surface area contributed by atoms with Gasteiger partial charge >= 0.3 is 0 Å². The van der Waals surface area contributed by atoms with Gasteiger partial charge < -0.3 is 10.2 Å². The molecule has 3 nitrogen and oxygen atoms in total. The van der Waals surface area contributed by atoms with Crippen LogP contribution in [0.5, 0.6) is 11.8 Å². The Morgan fingerprint density at radius 1 is 0.818 bits per heavy atom. The first-order valence-electron chi connectivity index (χ1n) is 8.94. The molecule has 0 saturated heterocycles. The van der Waals surface area contributed by atoms with Crippen molar-refractivity contribution in [1.82, 2.24) is 4.57 Å². The molecule has 22 heavy (non-hydrogen) atoms. The molecule has 3 heteroatoms. The Kier molecular flexibility index (Phi) is 2.93. The van der Waals surface area contributed by atoms with Crippen molar-refractivity contribution in [2.24, 2.45) is 42.6 Å². The average Bonchev–Trinajstić information content (AvgIpc) is 3.14. The third-order valence-corrected chi connectivity index (χ3v) is 7.28. The van der Waals surface area contributed by atoms with E-state index in [2.05, 4.69) is 27.7 Å². The number of nitrogens with zero attached hydrogens (tertiary/aromatic N) is 1. The molecule has 1 aromatic rings. The lowest BCUT2D eigenvalue weighted by molar-refractivity contribution is 0.222. The predicted molar refractivity (Wildman–Crippen MR) is 87.1 cm³/mol. The van der Waals surface area contributed by atoms with Crippen LogP contribution in [0.15, 0.2) is 0 Å². The number of hydrogen-bond acceptors (Lipinski definition) is 2. The van der Waals surface area contributed by atoms with E-state index < -0.39 is 0 Å². The summed E-state index contributed by atoms with van der Waals surface area (Å²) in [5.74, 6) is 5.92. The SMILES string of the molecule is CC(C)C1CC(C(C)C)C2C3CC(c4c3c(O)n(C)c4O)C12. The van der Waals surface area contributed by atoms with E-state index in [0.717, 1.165) is 29.4 Å². The predicted octanol–water partition coefficient (Wildman–Crippen LogP) is 4.20. The maximum atomic E-state index is 10.5. The Bertz CT molecular complexity index is 566. The molecular formula is C19H29NO2. The van der Waals surface area contributed by atoms with Crippen LogP contribution in [-0.4, -0.2) is 14.8 Å². The average molecular weight is 303 g/mol. The van der Waals surface area contributed by atoms with Crippen LogP contribution in [0, 0.1) is 35.5 Å². The van der Waals surface area contributed by atoms with Gasteiger partial charge in [0.1, 0.15) is 0 Å². The molecule has 3 aliphatic rings. The summed E-state index contributed by atoms with van der Waals surface area (Å²) in [5, 5.41) is 21.0. The van der Waals surface area contributed by atoms with Gasteiger partial charge in [-0.15, -0.1) is 0 Å². The lowest BCUT2D eigenvalue weighted by Crippen LogP contribution is -2.26. The largest absolute Gasteiger partial charge is 0.494 e. The van der Waals surface area contributed by atoms with Crippen LogP contribution in [-0.2, 0) is 7.05 Å². The van der Waals surface area contributed by atoms with E-state index in [0.29, 0.717) is 47.3 Å². The minimum absolute atomic E-state index is 0.314. The summed E-state index contributed by atoms with van der Waals surface area (Å²) >= 11 is 0. The highest BCUT2D eigenvalue weighted by Gasteiger charge is 2.62. The van der Waals surface area contributed by atoms with Crippen LogP contribution in [0.2, 0.25) is 0 Å². The van der Waals surface area contributed by atoms with Crippen LogP contribution < -0.4 is 0 Å². The van der Waals surface area contributed by atoms with Gasteiger partial charge in [-0.25, -0.2) is 0 Å². The van der Waals surface area contributed by atoms with Gasteiger partial charge in [0, 0.05) is 18.2 Å². The second-order valence-electron chi connectivity index (χ2n) is 8.69. The van der Waals surface area contributed by atoms with Crippen LogP contribution in [0.4, 0.5) is 0 Å². The molecule has 3 aliphatic carbocycles. The third kappa shape index (κ3) is 1.53. The van der Waals surface area contributed by atoms with E-state index in [9.17, 15) is 10.2 Å². The van der Waals surface area contributed by atoms with Crippen molar-refractivity contribution in [1.29, 1.82) is 0 Å². The molecule has 2 bridgehead atoms. The molecule has 6 atom stereocenters. The van der Waals surface area contributed by atoms with Gasteiger partial charge in [0.05, 0.1) is 0 Å². The van der Waals surface area contributed by atoms with Crippen molar-refractivity contribution in [2.75, 3.05) is 0 Å². The molecule has 122 valence electrons. The van der Waals surface area contributed by atoms with Gasteiger partial charge in [-0.1, -0.05) is 27.7 Å². The number of hydrogen-bond donors (Lipinski definition) is 2. The summed E-state index contributed by atoms with van der Waals surface area (Å²) in [4.78, 5) is 0. The van der Waals surface area contributed by atoms with Gasteiger partial charge in [-0.05, 0) is 60.2 Å². The summed E-state index contributed by atoms with van der Waals surface area (Å²) in [7, 11) is 1.78. The standard InChI is InChI=1S/C19H29NO2/c1-8(2)10-6-11(9(3)4)15-13-7-12(14(10)15)16-17(13)19(22)20(5)18(16)21/h8-15,21-22H,6-7H2,1-5H3. The maximum absolute atomic E-state index is 10.5. The number of aromatic nitrogens is 1. The lowest BCUT2D eigenvalue weighted by atomic mass is 9.71. The molecule has 0 radical (unpaired) electrons. The van der Waals surface area contributed by atoms with Gasteiger partial charge in [0.15, 0.2) is 11.8 Å². The summed E-state index contributed by atoms with van der Waals surface area (Å²) < 4.78 is 1.58. The number of aromatic hydroxyl groups is 2. The fraction of sp³-hybridized carbons (Fsp3) is 0.789. The normalized spacial score (nSPS) is 39.0. The maximum Gasteiger partial charge on any atom is 0.197 e. The van der Waals surface area contributed by atoms with E-state index in [4.69, 9.17) is 0 Å². The summed E-state index contributed by atoms with van der Waals surface area (Å²) in [6, 6.07) is 0. The molecule has 2 fully saturated rings. The monoisotopic (exact) mass is 303 g/mol. The van der Waals surface area contributed by atoms with Crippen molar-refractivity contribution < 1.29 is 10.2 Å². The fourth-order valence-electron chi connectivity index (χ4n) is 6.41. The first kappa shape index (κ1) is 14.5. The van der Waals surface area contributed by atoms with E-state index in [-0.39, 0.29) is 0 Å². The molecule has 6 unspecified atom stereocenters. The van der Waals surface area contributed by atoms with Crippen molar-refractivity contribution >= 4 is 0 Å². The van der Waals surface area contributed by atoms with E-state index >= 15 is 0 Å². The summed E-state index contributed by atoms with van der Waals surface area (Å²) in [5.41, 5.74) is 2.17. The highest BCUT2D eigenvalue weighted by atomic mass is 16.3. The second-order valence-corrected chi connectivity index (χ2v) is 8.69. The van der Waals surface area contributed by atoms with Gasteiger partial charge in [0.2, 0.25) is 0 Å². The number of fused-ring (bicyclic) bond motifs is 8. The topological polar surface area (TPSA) is 45.4 Å².